The number of benzene rings is 1. The molecule has 1 aromatic carbocycles. The van der Waals surface area contributed by atoms with Gasteiger partial charge in [-0.2, -0.15) is 13.2 Å². The van der Waals surface area contributed by atoms with E-state index in [0.29, 0.717) is 48.9 Å². The molecule has 1 saturated heterocycles. The lowest BCUT2D eigenvalue weighted by Gasteiger charge is -2.27. The molecular weight excluding hydrogens is 397 g/mol. The Hall–Kier alpha value is -2.65. The van der Waals surface area contributed by atoms with Crippen molar-refractivity contribution in [1.29, 1.82) is 0 Å². The number of anilines is 1. The van der Waals surface area contributed by atoms with Crippen LogP contribution >= 0.6 is 0 Å². The predicted octanol–water partition coefficient (Wildman–Crippen LogP) is 3.54. The van der Waals surface area contributed by atoms with Crippen LogP contribution in [0.4, 0.5) is 19.0 Å². The Morgan fingerprint density at radius 2 is 1.90 bits per heavy atom. The molecule has 1 atom stereocenters. The number of ether oxygens (including phenoxy) is 1. The van der Waals surface area contributed by atoms with Gasteiger partial charge in [-0.05, 0) is 43.2 Å². The molecule has 160 valence electrons. The van der Waals surface area contributed by atoms with Crippen molar-refractivity contribution >= 4 is 11.5 Å². The number of imidazole rings is 1. The molecule has 9 heteroatoms. The van der Waals surface area contributed by atoms with Gasteiger partial charge in [0.15, 0.2) is 5.65 Å². The zero-order chi connectivity index (χ0) is 21.5. The second kappa shape index (κ2) is 7.88. The molecule has 0 aliphatic carbocycles. The van der Waals surface area contributed by atoms with Crippen LogP contribution in [0.25, 0.3) is 5.65 Å². The first-order valence-electron chi connectivity index (χ1n) is 9.80. The highest BCUT2D eigenvalue weighted by molar-refractivity contribution is 5.50. The molecule has 30 heavy (non-hydrogen) atoms. The van der Waals surface area contributed by atoms with Crippen LogP contribution in [0.2, 0.25) is 0 Å². The molecule has 3 aromatic rings. The van der Waals surface area contributed by atoms with E-state index in [1.54, 1.807) is 17.5 Å². The van der Waals surface area contributed by atoms with E-state index in [1.807, 2.05) is 12.1 Å². The van der Waals surface area contributed by atoms with Gasteiger partial charge in [0.05, 0.1) is 36.3 Å². The average Bonchev–Trinajstić information content (AvgIpc) is 3.07. The Morgan fingerprint density at radius 3 is 2.57 bits per heavy atom. The van der Waals surface area contributed by atoms with E-state index >= 15 is 0 Å². The molecule has 3 heterocycles. The third-order valence-corrected chi connectivity index (χ3v) is 5.43. The van der Waals surface area contributed by atoms with Crippen LogP contribution in [-0.2, 0) is 17.3 Å². The summed E-state index contributed by atoms with van der Waals surface area (Å²) in [5.41, 5.74) is 1.57. The van der Waals surface area contributed by atoms with Gasteiger partial charge < -0.3 is 14.7 Å². The van der Waals surface area contributed by atoms with Crippen LogP contribution in [0.1, 0.15) is 41.1 Å². The Bertz CT molecular complexity index is 1060. The summed E-state index contributed by atoms with van der Waals surface area (Å²) in [7, 11) is 0. The van der Waals surface area contributed by atoms with Crippen molar-refractivity contribution in [2.45, 2.75) is 32.5 Å². The number of hydrogen-bond donors (Lipinski definition) is 1. The molecule has 2 aromatic heterocycles. The van der Waals surface area contributed by atoms with Crippen molar-refractivity contribution in [3.05, 3.63) is 58.4 Å². The minimum Gasteiger partial charge on any atom is -0.387 e. The van der Waals surface area contributed by atoms with Gasteiger partial charge in [-0.1, -0.05) is 12.1 Å². The van der Waals surface area contributed by atoms with Crippen LogP contribution in [0.3, 0.4) is 0 Å². The number of aliphatic hydroxyl groups is 1. The number of halogens is 3. The Kier molecular flexibility index (Phi) is 5.42. The summed E-state index contributed by atoms with van der Waals surface area (Å²) in [6.45, 7) is 5.69. The molecule has 0 spiro atoms. The molecule has 1 aliphatic rings. The number of aliphatic hydroxyl groups excluding tert-OH is 1. The zero-order valence-electron chi connectivity index (χ0n) is 16.8. The van der Waals surface area contributed by atoms with Crippen molar-refractivity contribution in [3.8, 4) is 0 Å². The standard InChI is InChI=1S/C21H23F3N4O2/c1-13-15(4-3-5-16(13)21(22,23)24)12-17-20(14(2)29)25-18-6-7-19(26-28(17)18)27-8-10-30-11-9-27/h3-7,14,29H,8-12H2,1-2H3. The third kappa shape index (κ3) is 3.87. The first-order valence-corrected chi connectivity index (χ1v) is 9.80. The highest BCUT2D eigenvalue weighted by Gasteiger charge is 2.33. The highest BCUT2D eigenvalue weighted by Crippen LogP contribution is 2.34. The van der Waals surface area contributed by atoms with Gasteiger partial charge in [0.1, 0.15) is 5.82 Å². The lowest BCUT2D eigenvalue weighted by atomic mass is 9.97. The molecule has 0 saturated carbocycles. The van der Waals surface area contributed by atoms with Gasteiger partial charge in [0.25, 0.3) is 0 Å². The van der Waals surface area contributed by atoms with Gasteiger partial charge in [0.2, 0.25) is 0 Å². The first kappa shape index (κ1) is 20.6. The van der Waals surface area contributed by atoms with Crippen LogP contribution in [0, 0.1) is 6.92 Å². The number of fused-ring (bicyclic) bond motifs is 1. The van der Waals surface area contributed by atoms with Gasteiger partial charge >= 0.3 is 6.18 Å². The molecule has 6 nitrogen and oxygen atoms in total. The molecule has 4 rings (SSSR count). The van der Waals surface area contributed by atoms with Crippen LogP contribution in [0.15, 0.2) is 30.3 Å². The normalized spacial score (nSPS) is 16.3. The monoisotopic (exact) mass is 420 g/mol. The van der Waals surface area contributed by atoms with Gasteiger partial charge in [-0.15, -0.1) is 5.10 Å². The van der Waals surface area contributed by atoms with Gasteiger partial charge in [-0.25, -0.2) is 9.50 Å². The topological polar surface area (TPSA) is 62.9 Å². The maximum Gasteiger partial charge on any atom is 0.416 e. The van der Waals surface area contributed by atoms with E-state index in [-0.39, 0.29) is 12.0 Å². The molecular formula is C21H23F3N4O2. The zero-order valence-corrected chi connectivity index (χ0v) is 16.8. The van der Waals surface area contributed by atoms with Crippen LogP contribution in [-0.4, -0.2) is 46.0 Å². The molecule has 1 aliphatic heterocycles. The number of hydrogen-bond acceptors (Lipinski definition) is 5. The summed E-state index contributed by atoms with van der Waals surface area (Å²) in [6.07, 6.45) is -5.12. The van der Waals surface area contributed by atoms with Crippen LogP contribution in [0.5, 0.6) is 0 Å². The fourth-order valence-corrected chi connectivity index (χ4v) is 3.81. The van der Waals surface area contributed by atoms with Crippen LogP contribution < -0.4 is 4.90 Å². The van der Waals surface area contributed by atoms with Crippen molar-refractivity contribution in [2.24, 2.45) is 0 Å². The van der Waals surface area contributed by atoms with E-state index in [0.717, 1.165) is 11.9 Å². The number of aromatic nitrogens is 3. The lowest BCUT2D eigenvalue weighted by Crippen LogP contribution is -2.37. The van der Waals surface area contributed by atoms with Gasteiger partial charge in [-0.3, -0.25) is 0 Å². The molecule has 0 radical (unpaired) electrons. The minimum absolute atomic E-state index is 0.167. The summed E-state index contributed by atoms with van der Waals surface area (Å²) in [6, 6.07) is 7.83. The van der Waals surface area contributed by atoms with E-state index in [1.165, 1.54) is 13.0 Å². The lowest BCUT2D eigenvalue weighted by molar-refractivity contribution is -0.138. The van der Waals surface area contributed by atoms with E-state index in [4.69, 9.17) is 9.84 Å². The third-order valence-electron chi connectivity index (χ3n) is 5.43. The van der Waals surface area contributed by atoms with Crippen molar-refractivity contribution in [1.82, 2.24) is 14.6 Å². The molecule has 0 bridgehead atoms. The van der Waals surface area contributed by atoms with E-state index < -0.39 is 17.8 Å². The largest absolute Gasteiger partial charge is 0.416 e. The number of alkyl halides is 3. The van der Waals surface area contributed by atoms with E-state index in [9.17, 15) is 18.3 Å². The predicted molar refractivity (Wildman–Crippen MR) is 106 cm³/mol. The summed E-state index contributed by atoms with van der Waals surface area (Å²) < 4.78 is 47.0. The number of rotatable bonds is 4. The second-order valence-corrected chi connectivity index (χ2v) is 7.44. The van der Waals surface area contributed by atoms with Gasteiger partial charge in [0, 0.05) is 19.5 Å². The Morgan fingerprint density at radius 1 is 1.17 bits per heavy atom. The fraction of sp³-hybridized carbons (Fsp3) is 0.429. The van der Waals surface area contributed by atoms with Crippen molar-refractivity contribution in [2.75, 3.05) is 31.2 Å². The summed E-state index contributed by atoms with van der Waals surface area (Å²) in [5.74, 6) is 0.738. The SMILES string of the molecule is Cc1c(Cc2c(C(C)O)nc3ccc(N4CCOCC4)nn23)cccc1C(F)(F)F. The maximum absolute atomic E-state index is 13.3. The summed E-state index contributed by atoms with van der Waals surface area (Å²) >= 11 is 0. The maximum atomic E-state index is 13.3. The molecule has 0 amide bonds. The summed E-state index contributed by atoms with van der Waals surface area (Å²) in [4.78, 5) is 6.57. The average molecular weight is 420 g/mol. The first-order chi connectivity index (χ1) is 14.3. The fourth-order valence-electron chi connectivity index (χ4n) is 3.81. The molecule has 1 N–H and O–H groups in total. The van der Waals surface area contributed by atoms with Crippen molar-refractivity contribution in [3.63, 3.8) is 0 Å². The molecule has 1 fully saturated rings. The van der Waals surface area contributed by atoms with Crippen molar-refractivity contribution < 1.29 is 23.0 Å². The smallest absolute Gasteiger partial charge is 0.387 e. The van der Waals surface area contributed by atoms with E-state index in [2.05, 4.69) is 9.88 Å². The number of morpholine rings is 1. The molecule has 1 unspecified atom stereocenters. The quantitative estimate of drug-likeness (QED) is 0.700. The second-order valence-electron chi connectivity index (χ2n) is 7.44. The summed E-state index contributed by atoms with van der Waals surface area (Å²) in [5, 5.41) is 14.9. The highest BCUT2D eigenvalue weighted by atomic mass is 19.4. The Labute approximate surface area is 171 Å². The Balaban J connectivity index is 1.80. The number of nitrogens with zero attached hydrogens (tertiary/aromatic N) is 4. The minimum atomic E-state index is -4.42.